The van der Waals surface area contributed by atoms with Gasteiger partial charge < -0.3 is 16.6 Å². The minimum atomic E-state index is -0.988. The average molecular weight is 162 g/mol. The second kappa shape index (κ2) is 5.13. The third kappa shape index (κ3) is 4.22. The fourth-order valence-corrected chi connectivity index (χ4v) is 0.858. The van der Waals surface area contributed by atoms with Crippen LogP contribution in [0.2, 0.25) is 0 Å². The quantitative estimate of drug-likeness (QED) is 0.521. The number of rotatable bonds is 4. The van der Waals surface area contributed by atoms with Crippen LogP contribution in [0.1, 0.15) is 0 Å². The van der Waals surface area contributed by atoms with Crippen LogP contribution >= 0.6 is 11.8 Å². The van der Waals surface area contributed by atoms with Crippen molar-refractivity contribution in [2.24, 2.45) is 11.5 Å². The van der Waals surface area contributed by atoms with Crippen molar-refractivity contribution in [3.05, 3.63) is 11.6 Å². The first kappa shape index (κ1) is 9.32. The Morgan fingerprint density at radius 1 is 1.80 bits per heavy atom. The fraction of sp³-hybridized carbons (Fsp3) is 0.400. The summed E-state index contributed by atoms with van der Waals surface area (Å²) in [5, 5.41) is 9.89. The van der Waals surface area contributed by atoms with E-state index in [1.54, 1.807) is 5.41 Å². The maximum Gasteiger partial charge on any atom is 0.321 e. The molecule has 0 aromatic heterocycles. The molecular weight excluding hydrogens is 152 g/mol. The summed E-state index contributed by atoms with van der Waals surface area (Å²) in [6.07, 6.45) is 1.35. The van der Waals surface area contributed by atoms with E-state index in [0.717, 1.165) is 0 Å². The Kier molecular flexibility index (Phi) is 4.78. The molecule has 0 rings (SSSR count). The lowest BCUT2D eigenvalue weighted by Crippen LogP contribution is -2.32. The van der Waals surface area contributed by atoms with Crippen LogP contribution in [-0.2, 0) is 4.79 Å². The summed E-state index contributed by atoms with van der Waals surface area (Å²) in [5.41, 5.74) is 10.2. The van der Waals surface area contributed by atoms with Crippen molar-refractivity contribution in [3.63, 3.8) is 0 Å². The zero-order valence-electron chi connectivity index (χ0n) is 5.36. The Balaban J connectivity index is 3.39. The van der Waals surface area contributed by atoms with E-state index in [1.165, 1.54) is 18.0 Å². The van der Waals surface area contributed by atoms with Gasteiger partial charge in [0.2, 0.25) is 0 Å². The van der Waals surface area contributed by atoms with E-state index in [4.69, 9.17) is 16.6 Å². The van der Waals surface area contributed by atoms with Crippen molar-refractivity contribution in [1.82, 2.24) is 0 Å². The topological polar surface area (TPSA) is 89.3 Å². The molecule has 0 amide bonds. The molecule has 0 aliphatic carbocycles. The summed E-state index contributed by atoms with van der Waals surface area (Å²) in [6.45, 7) is 0. The van der Waals surface area contributed by atoms with Crippen LogP contribution in [0.15, 0.2) is 11.6 Å². The Labute approximate surface area is 63.3 Å². The van der Waals surface area contributed by atoms with E-state index < -0.39 is 12.0 Å². The van der Waals surface area contributed by atoms with E-state index in [9.17, 15) is 4.79 Å². The number of carboxylic acid groups (broad SMARTS) is 1. The highest BCUT2D eigenvalue weighted by Gasteiger charge is 2.09. The van der Waals surface area contributed by atoms with Gasteiger partial charge in [0.25, 0.3) is 0 Å². The molecule has 1 atom stereocenters. The molecule has 0 aromatic carbocycles. The Morgan fingerprint density at radius 2 is 2.40 bits per heavy atom. The Morgan fingerprint density at radius 3 is 2.80 bits per heavy atom. The van der Waals surface area contributed by atoms with Gasteiger partial charge in [0, 0.05) is 12.0 Å². The molecule has 5 N–H and O–H groups in total. The second-order valence-corrected chi connectivity index (χ2v) is 2.55. The van der Waals surface area contributed by atoms with Crippen LogP contribution in [0, 0.1) is 0 Å². The van der Waals surface area contributed by atoms with Crippen molar-refractivity contribution in [2.45, 2.75) is 6.04 Å². The maximum atomic E-state index is 10.1. The van der Waals surface area contributed by atoms with Gasteiger partial charge in [-0.3, -0.25) is 4.79 Å². The van der Waals surface area contributed by atoms with Crippen molar-refractivity contribution in [3.8, 4) is 0 Å². The minimum Gasteiger partial charge on any atom is -0.480 e. The highest BCUT2D eigenvalue weighted by molar-refractivity contribution is 8.02. The SMILES string of the molecule is N/C=C\SC[C@@H](N)C(=O)O. The van der Waals surface area contributed by atoms with Crippen molar-refractivity contribution in [1.29, 1.82) is 0 Å². The lowest BCUT2D eigenvalue weighted by molar-refractivity contribution is -0.137. The van der Waals surface area contributed by atoms with E-state index >= 15 is 0 Å². The summed E-state index contributed by atoms with van der Waals surface area (Å²) in [7, 11) is 0. The molecule has 5 heteroatoms. The number of aliphatic carboxylic acids is 1. The molecule has 0 aromatic rings. The number of nitrogens with two attached hydrogens (primary N) is 2. The summed E-state index contributed by atoms with van der Waals surface area (Å²) in [5.74, 6) is -0.638. The van der Waals surface area contributed by atoms with Crippen LogP contribution in [0.4, 0.5) is 0 Å². The summed E-state index contributed by atoms with van der Waals surface area (Å²) in [4.78, 5) is 10.1. The lowest BCUT2D eigenvalue weighted by Gasteiger charge is -2.01. The Bertz CT molecular complexity index is 138. The largest absolute Gasteiger partial charge is 0.480 e. The molecular formula is C5H10N2O2S. The van der Waals surface area contributed by atoms with E-state index in [2.05, 4.69) is 0 Å². The second-order valence-electron chi connectivity index (χ2n) is 1.61. The molecule has 58 valence electrons. The van der Waals surface area contributed by atoms with Crippen molar-refractivity contribution >= 4 is 17.7 Å². The molecule has 0 fully saturated rings. The molecule has 0 saturated heterocycles. The van der Waals surface area contributed by atoms with Gasteiger partial charge in [0.05, 0.1) is 0 Å². The highest BCUT2D eigenvalue weighted by atomic mass is 32.2. The van der Waals surface area contributed by atoms with Gasteiger partial charge in [-0.1, -0.05) is 0 Å². The molecule has 0 heterocycles. The van der Waals surface area contributed by atoms with Gasteiger partial charge in [0.1, 0.15) is 6.04 Å². The number of hydrogen-bond donors (Lipinski definition) is 3. The van der Waals surface area contributed by atoms with Gasteiger partial charge >= 0.3 is 5.97 Å². The van der Waals surface area contributed by atoms with Crippen LogP contribution in [-0.4, -0.2) is 22.9 Å². The van der Waals surface area contributed by atoms with Crippen molar-refractivity contribution in [2.75, 3.05) is 5.75 Å². The zero-order valence-corrected chi connectivity index (χ0v) is 6.17. The minimum absolute atomic E-state index is 0.350. The normalized spacial score (nSPS) is 13.7. The smallest absolute Gasteiger partial charge is 0.321 e. The van der Waals surface area contributed by atoms with E-state index in [0.29, 0.717) is 5.75 Å². The standard InChI is InChI=1S/C5H10N2O2S/c6-1-2-10-3-4(7)5(8)9/h1-2,4H,3,6-7H2,(H,8,9)/b2-1-/t4-/m1/s1. The molecule has 0 spiro atoms. The van der Waals surface area contributed by atoms with E-state index in [-0.39, 0.29) is 0 Å². The molecule has 0 saturated carbocycles. The van der Waals surface area contributed by atoms with Crippen molar-refractivity contribution < 1.29 is 9.90 Å². The van der Waals surface area contributed by atoms with Gasteiger partial charge in [-0.2, -0.15) is 0 Å². The third-order valence-electron chi connectivity index (χ3n) is 0.768. The van der Waals surface area contributed by atoms with Gasteiger partial charge in [0.15, 0.2) is 0 Å². The van der Waals surface area contributed by atoms with Gasteiger partial charge in [-0.05, 0) is 5.41 Å². The first-order valence-corrected chi connectivity index (χ1v) is 3.70. The predicted octanol–water partition coefficient (Wildman–Crippen LogP) is -0.439. The maximum absolute atomic E-state index is 10.1. The number of hydrogen-bond acceptors (Lipinski definition) is 4. The van der Waals surface area contributed by atoms with Crippen LogP contribution in [0.5, 0.6) is 0 Å². The monoisotopic (exact) mass is 162 g/mol. The van der Waals surface area contributed by atoms with Crippen LogP contribution in [0.3, 0.4) is 0 Å². The molecule has 0 radical (unpaired) electrons. The van der Waals surface area contributed by atoms with Gasteiger partial charge in [-0.15, -0.1) is 11.8 Å². The molecule has 0 bridgehead atoms. The Hall–Kier alpha value is -0.680. The first-order valence-electron chi connectivity index (χ1n) is 2.65. The molecule has 4 nitrogen and oxygen atoms in total. The summed E-state index contributed by atoms with van der Waals surface area (Å²) >= 11 is 1.28. The summed E-state index contributed by atoms with van der Waals surface area (Å²) < 4.78 is 0. The molecule has 0 aliphatic rings. The van der Waals surface area contributed by atoms with E-state index in [1.807, 2.05) is 0 Å². The summed E-state index contributed by atoms with van der Waals surface area (Å²) in [6, 6.07) is -0.804. The van der Waals surface area contributed by atoms with Crippen LogP contribution in [0.25, 0.3) is 0 Å². The van der Waals surface area contributed by atoms with Crippen LogP contribution < -0.4 is 11.5 Å². The highest BCUT2D eigenvalue weighted by Crippen LogP contribution is 2.01. The average Bonchev–Trinajstić information content (AvgIpc) is 1.88. The molecule has 10 heavy (non-hydrogen) atoms. The number of carbonyl (C=O) groups is 1. The molecule has 0 unspecified atom stereocenters. The predicted molar refractivity (Wildman–Crippen MR) is 41.4 cm³/mol. The fourth-order valence-electron chi connectivity index (χ4n) is 0.286. The van der Waals surface area contributed by atoms with Gasteiger partial charge in [-0.25, -0.2) is 0 Å². The lowest BCUT2D eigenvalue weighted by atomic mass is 10.4. The zero-order chi connectivity index (χ0) is 7.98. The third-order valence-corrected chi connectivity index (χ3v) is 1.67. The first-order chi connectivity index (χ1) is 4.68. The number of thioether (sulfide) groups is 1. The number of carboxylic acids is 1. The molecule has 0 aliphatic heterocycles.